The molecule has 168 valence electrons. The molecule has 0 bridgehead atoms. The summed E-state index contributed by atoms with van der Waals surface area (Å²) < 4.78 is 14.7. The summed E-state index contributed by atoms with van der Waals surface area (Å²) in [6.07, 6.45) is -2.95. The number of carbonyl (C=O) groups is 1. The van der Waals surface area contributed by atoms with Crippen LogP contribution >= 0.6 is 11.6 Å². The molecule has 3 atom stereocenters. The van der Waals surface area contributed by atoms with Crippen LogP contribution in [0.4, 0.5) is 10.1 Å². The first-order chi connectivity index (χ1) is 14.7. The molecule has 0 radical (unpaired) electrons. The van der Waals surface area contributed by atoms with E-state index in [9.17, 15) is 19.4 Å². The van der Waals surface area contributed by atoms with Crippen LogP contribution in [0.15, 0.2) is 42.5 Å². The summed E-state index contributed by atoms with van der Waals surface area (Å²) in [6, 6.07) is 10.9. The maximum atomic E-state index is 14.7. The zero-order valence-electron chi connectivity index (χ0n) is 17.7. The van der Waals surface area contributed by atoms with E-state index in [4.69, 9.17) is 17.3 Å². The van der Waals surface area contributed by atoms with Crippen molar-refractivity contribution in [2.45, 2.75) is 32.1 Å². The molecule has 8 heteroatoms. The number of rotatable bonds is 6. The molecule has 3 rings (SSSR count). The monoisotopic (exact) mass is 449 g/mol. The molecule has 1 heterocycles. The van der Waals surface area contributed by atoms with Crippen LogP contribution in [0.2, 0.25) is 5.02 Å². The van der Waals surface area contributed by atoms with Crippen LogP contribution < -0.4 is 10.6 Å². The third-order valence-electron chi connectivity index (χ3n) is 5.77. The van der Waals surface area contributed by atoms with Gasteiger partial charge in [-0.15, -0.1) is 0 Å². The van der Waals surface area contributed by atoms with Gasteiger partial charge in [-0.1, -0.05) is 49.7 Å². The van der Waals surface area contributed by atoms with Gasteiger partial charge in [0.15, 0.2) is 6.10 Å². The van der Waals surface area contributed by atoms with E-state index in [2.05, 4.69) is 0 Å². The zero-order valence-corrected chi connectivity index (χ0v) is 18.5. The summed E-state index contributed by atoms with van der Waals surface area (Å²) in [7, 11) is 0. The Labute approximate surface area is 187 Å². The number of anilines is 1. The van der Waals surface area contributed by atoms with Crippen molar-refractivity contribution in [1.82, 2.24) is 4.90 Å². The van der Waals surface area contributed by atoms with Crippen LogP contribution in [0, 0.1) is 11.7 Å². The minimum atomic E-state index is -1.59. The summed E-state index contributed by atoms with van der Waals surface area (Å²) in [5.74, 6) is -0.755. The number of nitrogens with two attached hydrogens (primary N) is 1. The highest BCUT2D eigenvalue weighted by Gasteiger charge is 2.33. The molecule has 1 aliphatic heterocycles. The lowest BCUT2D eigenvalue weighted by molar-refractivity contribution is -0.146. The van der Waals surface area contributed by atoms with E-state index in [1.54, 1.807) is 30.3 Å². The molecular weight excluding hydrogens is 421 g/mol. The highest BCUT2D eigenvalue weighted by molar-refractivity contribution is 6.30. The molecule has 4 N–H and O–H groups in total. The minimum Gasteiger partial charge on any atom is -0.385 e. The van der Waals surface area contributed by atoms with Crippen molar-refractivity contribution in [3.05, 3.63) is 64.4 Å². The Balaban J connectivity index is 1.68. The second kappa shape index (κ2) is 9.96. The fourth-order valence-electron chi connectivity index (χ4n) is 3.81. The van der Waals surface area contributed by atoms with Gasteiger partial charge in [0.2, 0.25) is 0 Å². The number of nitrogens with zero attached hydrogens (tertiary/aromatic N) is 2. The molecule has 0 aromatic heterocycles. The van der Waals surface area contributed by atoms with Crippen LogP contribution in [0.5, 0.6) is 0 Å². The molecule has 2 aromatic carbocycles. The van der Waals surface area contributed by atoms with Crippen LogP contribution in [0.1, 0.15) is 37.1 Å². The SMILES string of the molecule is CC(C)C(N)c1cccc(F)c1N1CCN(C(=O)C(O)C(O)c2ccc(Cl)cc2)CC1. The molecule has 6 nitrogen and oxygen atoms in total. The molecule has 1 aliphatic rings. The van der Waals surface area contributed by atoms with Crippen LogP contribution in [0.25, 0.3) is 0 Å². The summed E-state index contributed by atoms with van der Waals surface area (Å²) in [5, 5.41) is 21.3. The lowest BCUT2D eigenvalue weighted by atomic mass is 9.94. The molecule has 3 unspecified atom stereocenters. The van der Waals surface area contributed by atoms with Crippen molar-refractivity contribution in [3.63, 3.8) is 0 Å². The number of carbonyl (C=O) groups excluding carboxylic acids is 1. The van der Waals surface area contributed by atoms with Crippen molar-refractivity contribution >= 4 is 23.2 Å². The van der Waals surface area contributed by atoms with Gasteiger partial charge in [0.1, 0.15) is 11.9 Å². The third kappa shape index (κ3) is 5.18. The molecule has 1 saturated heterocycles. The van der Waals surface area contributed by atoms with Crippen LogP contribution in [0.3, 0.4) is 0 Å². The van der Waals surface area contributed by atoms with E-state index in [0.717, 1.165) is 5.56 Å². The van der Waals surface area contributed by atoms with Gasteiger partial charge < -0.3 is 25.7 Å². The molecule has 1 amide bonds. The van der Waals surface area contributed by atoms with Crippen LogP contribution in [-0.4, -0.2) is 53.3 Å². The second-order valence-corrected chi connectivity index (χ2v) is 8.64. The van der Waals surface area contributed by atoms with E-state index in [1.807, 2.05) is 24.8 Å². The van der Waals surface area contributed by atoms with Gasteiger partial charge in [0.25, 0.3) is 5.91 Å². The van der Waals surface area contributed by atoms with Crippen molar-refractivity contribution in [2.75, 3.05) is 31.1 Å². The topological polar surface area (TPSA) is 90.0 Å². The number of benzene rings is 2. The summed E-state index contributed by atoms with van der Waals surface area (Å²) >= 11 is 5.84. The first-order valence-corrected chi connectivity index (χ1v) is 10.8. The first-order valence-electron chi connectivity index (χ1n) is 10.4. The molecule has 2 aromatic rings. The summed E-state index contributed by atoms with van der Waals surface area (Å²) in [4.78, 5) is 16.1. The first kappa shape index (κ1) is 23.5. The smallest absolute Gasteiger partial charge is 0.254 e. The molecule has 0 spiro atoms. The summed E-state index contributed by atoms with van der Waals surface area (Å²) in [5.41, 5.74) is 7.92. The predicted molar refractivity (Wildman–Crippen MR) is 119 cm³/mol. The number of halogens is 2. The Morgan fingerprint density at radius 2 is 1.68 bits per heavy atom. The van der Waals surface area contributed by atoms with Crippen molar-refractivity contribution in [1.29, 1.82) is 0 Å². The molecular formula is C23H29ClFN3O3. The molecule has 0 saturated carbocycles. The number of piperazine rings is 1. The third-order valence-corrected chi connectivity index (χ3v) is 6.02. The Morgan fingerprint density at radius 3 is 2.26 bits per heavy atom. The van der Waals surface area contributed by atoms with E-state index in [-0.39, 0.29) is 17.8 Å². The highest BCUT2D eigenvalue weighted by Crippen LogP contribution is 2.32. The number of aliphatic hydroxyl groups is 2. The average Bonchev–Trinajstić information content (AvgIpc) is 2.77. The lowest BCUT2D eigenvalue weighted by Gasteiger charge is -2.39. The fraction of sp³-hybridized carbons (Fsp3) is 0.435. The molecule has 1 fully saturated rings. The van der Waals surface area contributed by atoms with Gasteiger partial charge in [0.05, 0.1) is 5.69 Å². The van der Waals surface area contributed by atoms with Gasteiger partial charge in [-0.3, -0.25) is 4.79 Å². The van der Waals surface area contributed by atoms with E-state index in [1.165, 1.54) is 11.0 Å². The van der Waals surface area contributed by atoms with E-state index >= 15 is 0 Å². The fourth-order valence-corrected chi connectivity index (χ4v) is 3.93. The second-order valence-electron chi connectivity index (χ2n) is 8.20. The van der Waals surface area contributed by atoms with E-state index < -0.39 is 18.1 Å². The Morgan fingerprint density at radius 1 is 1.06 bits per heavy atom. The number of para-hydroxylation sites is 1. The Bertz CT molecular complexity index is 901. The van der Waals surface area contributed by atoms with Gasteiger partial charge >= 0.3 is 0 Å². The molecule has 0 aliphatic carbocycles. The number of amides is 1. The predicted octanol–water partition coefficient (Wildman–Crippen LogP) is 2.88. The highest BCUT2D eigenvalue weighted by atomic mass is 35.5. The standard InChI is InChI=1S/C23H29ClFN3O3/c1-14(2)19(26)17-4-3-5-18(25)20(17)27-10-12-28(13-11-27)23(31)22(30)21(29)15-6-8-16(24)9-7-15/h3-9,14,19,21-22,29-30H,10-13,26H2,1-2H3. The lowest BCUT2D eigenvalue weighted by Crippen LogP contribution is -2.53. The number of hydrogen-bond acceptors (Lipinski definition) is 5. The summed E-state index contributed by atoms with van der Waals surface area (Å²) in [6.45, 7) is 5.37. The quantitative estimate of drug-likeness (QED) is 0.631. The van der Waals surface area contributed by atoms with Gasteiger partial charge in [0, 0.05) is 37.2 Å². The van der Waals surface area contributed by atoms with Crippen molar-refractivity contribution < 1.29 is 19.4 Å². The minimum absolute atomic E-state index is 0.146. The van der Waals surface area contributed by atoms with Crippen LogP contribution in [-0.2, 0) is 4.79 Å². The van der Waals surface area contributed by atoms with Crippen molar-refractivity contribution in [2.24, 2.45) is 11.7 Å². The molecule has 31 heavy (non-hydrogen) atoms. The van der Waals surface area contributed by atoms with E-state index in [0.29, 0.717) is 42.5 Å². The Hall–Kier alpha value is -2.19. The maximum absolute atomic E-state index is 14.7. The average molecular weight is 450 g/mol. The Kier molecular flexibility index (Phi) is 7.54. The van der Waals surface area contributed by atoms with Gasteiger partial charge in [-0.25, -0.2) is 4.39 Å². The number of hydrogen-bond donors (Lipinski definition) is 3. The van der Waals surface area contributed by atoms with Crippen molar-refractivity contribution in [3.8, 4) is 0 Å². The largest absolute Gasteiger partial charge is 0.385 e. The number of aliphatic hydroxyl groups excluding tert-OH is 2. The maximum Gasteiger partial charge on any atom is 0.254 e. The normalized spacial score (nSPS) is 17.5. The zero-order chi connectivity index (χ0) is 22.7. The van der Waals surface area contributed by atoms with Gasteiger partial charge in [-0.2, -0.15) is 0 Å². The van der Waals surface area contributed by atoms with Gasteiger partial charge in [-0.05, 0) is 35.2 Å².